The Bertz CT molecular complexity index is 429. The van der Waals surface area contributed by atoms with Gasteiger partial charge in [-0.2, -0.15) is 0 Å². The fourth-order valence-electron chi connectivity index (χ4n) is 2.34. The average molecular weight is 324 g/mol. The second-order valence-electron chi connectivity index (χ2n) is 5.43. The molecule has 1 aromatic carbocycles. The Morgan fingerprint density at radius 2 is 2.16 bits per heavy atom. The Balaban J connectivity index is 1.83. The van der Waals surface area contributed by atoms with Crippen LogP contribution < -0.4 is 0 Å². The molecule has 0 radical (unpaired) electrons. The molecule has 0 amide bonds. The number of nitrogens with zero attached hydrogens (tertiary/aromatic N) is 1. The summed E-state index contributed by atoms with van der Waals surface area (Å²) in [7, 11) is 0. The molecule has 0 bridgehead atoms. The van der Waals surface area contributed by atoms with E-state index in [0.29, 0.717) is 6.42 Å². The molecule has 0 heterocycles. The van der Waals surface area contributed by atoms with E-state index in [-0.39, 0.29) is 5.78 Å². The summed E-state index contributed by atoms with van der Waals surface area (Å²) in [6.07, 6.45) is 4.54. The highest BCUT2D eigenvalue weighted by Crippen LogP contribution is 2.29. The number of hydrogen-bond donors (Lipinski definition) is 0. The number of Topliss-reactive ketones (excluding diaryl/α,β-unsaturated/α-hetero) is 1. The standard InChI is InChI=1S/C16H22BrNO/c1-2-9-18(12-13-6-7-13)10-8-16(19)14-4-3-5-15(17)11-14/h3-5,11,13H,2,6-10,12H2,1H3. The van der Waals surface area contributed by atoms with Crippen LogP contribution in [0.5, 0.6) is 0 Å². The van der Waals surface area contributed by atoms with Gasteiger partial charge in [-0.25, -0.2) is 0 Å². The smallest absolute Gasteiger partial charge is 0.164 e. The van der Waals surface area contributed by atoms with Crippen molar-refractivity contribution in [3.8, 4) is 0 Å². The maximum absolute atomic E-state index is 12.2. The summed E-state index contributed by atoms with van der Waals surface area (Å²) in [6.45, 7) is 5.40. The van der Waals surface area contributed by atoms with E-state index in [0.717, 1.165) is 35.5 Å². The molecule has 104 valence electrons. The number of carbonyl (C=O) groups excluding carboxylic acids is 1. The van der Waals surface area contributed by atoms with Crippen molar-refractivity contribution in [1.82, 2.24) is 4.90 Å². The molecule has 1 fully saturated rings. The quantitative estimate of drug-likeness (QED) is 0.670. The molecule has 0 spiro atoms. The first-order chi connectivity index (χ1) is 9.19. The normalized spacial score (nSPS) is 14.9. The Morgan fingerprint density at radius 1 is 1.37 bits per heavy atom. The van der Waals surface area contributed by atoms with Gasteiger partial charge in [0.25, 0.3) is 0 Å². The van der Waals surface area contributed by atoms with Crippen LogP contribution in [0, 0.1) is 5.92 Å². The molecule has 0 aromatic heterocycles. The number of benzene rings is 1. The first-order valence-corrected chi connectivity index (χ1v) is 7.99. The van der Waals surface area contributed by atoms with Crippen molar-refractivity contribution >= 4 is 21.7 Å². The highest BCUT2D eigenvalue weighted by Gasteiger charge is 2.24. The number of hydrogen-bond acceptors (Lipinski definition) is 2. The van der Waals surface area contributed by atoms with E-state index in [4.69, 9.17) is 0 Å². The zero-order valence-corrected chi connectivity index (χ0v) is 13.2. The summed E-state index contributed by atoms with van der Waals surface area (Å²) in [5, 5.41) is 0. The van der Waals surface area contributed by atoms with Crippen LogP contribution in [-0.4, -0.2) is 30.3 Å². The highest BCUT2D eigenvalue weighted by atomic mass is 79.9. The fraction of sp³-hybridized carbons (Fsp3) is 0.562. The Morgan fingerprint density at radius 3 is 2.79 bits per heavy atom. The lowest BCUT2D eigenvalue weighted by molar-refractivity contribution is 0.0962. The molecular formula is C16H22BrNO. The summed E-state index contributed by atoms with van der Waals surface area (Å²) in [5.74, 6) is 1.14. The van der Waals surface area contributed by atoms with E-state index in [1.165, 1.54) is 19.4 Å². The topological polar surface area (TPSA) is 20.3 Å². The van der Waals surface area contributed by atoms with Crippen LogP contribution in [-0.2, 0) is 0 Å². The molecule has 1 aromatic rings. The maximum atomic E-state index is 12.2. The highest BCUT2D eigenvalue weighted by molar-refractivity contribution is 9.10. The molecule has 1 aliphatic carbocycles. The van der Waals surface area contributed by atoms with Crippen LogP contribution in [0.2, 0.25) is 0 Å². The van der Waals surface area contributed by atoms with Crippen molar-refractivity contribution in [2.45, 2.75) is 32.6 Å². The molecule has 1 aliphatic rings. The predicted octanol–water partition coefficient (Wildman–Crippen LogP) is 4.14. The van der Waals surface area contributed by atoms with Gasteiger partial charge in [0, 0.05) is 29.5 Å². The van der Waals surface area contributed by atoms with Gasteiger partial charge < -0.3 is 4.90 Å². The second-order valence-corrected chi connectivity index (χ2v) is 6.34. The molecule has 0 saturated heterocycles. The zero-order valence-electron chi connectivity index (χ0n) is 11.6. The van der Waals surface area contributed by atoms with Gasteiger partial charge in [0.2, 0.25) is 0 Å². The third-order valence-corrected chi connectivity index (χ3v) is 4.05. The zero-order chi connectivity index (χ0) is 13.7. The van der Waals surface area contributed by atoms with Crippen molar-refractivity contribution in [2.24, 2.45) is 5.92 Å². The minimum Gasteiger partial charge on any atom is -0.303 e. The summed E-state index contributed by atoms with van der Waals surface area (Å²) in [5.41, 5.74) is 0.817. The average Bonchev–Trinajstić information content (AvgIpc) is 3.20. The molecule has 0 unspecified atom stereocenters. The Kier molecular flexibility index (Phi) is 5.59. The van der Waals surface area contributed by atoms with Gasteiger partial charge in [-0.15, -0.1) is 0 Å². The number of halogens is 1. The van der Waals surface area contributed by atoms with Gasteiger partial charge in [-0.1, -0.05) is 35.0 Å². The summed E-state index contributed by atoms with van der Waals surface area (Å²) in [4.78, 5) is 14.6. The lowest BCUT2D eigenvalue weighted by Gasteiger charge is -2.21. The third kappa shape index (κ3) is 5.07. The van der Waals surface area contributed by atoms with Gasteiger partial charge in [-0.3, -0.25) is 4.79 Å². The van der Waals surface area contributed by atoms with Gasteiger partial charge in [0.05, 0.1) is 0 Å². The van der Waals surface area contributed by atoms with E-state index in [1.54, 1.807) is 0 Å². The fourth-order valence-corrected chi connectivity index (χ4v) is 2.74. The molecule has 3 heteroatoms. The molecule has 19 heavy (non-hydrogen) atoms. The van der Waals surface area contributed by atoms with E-state index in [2.05, 4.69) is 27.8 Å². The second kappa shape index (κ2) is 7.20. The maximum Gasteiger partial charge on any atom is 0.164 e. The molecule has 1 saturated carbocycles. The Labute approximate surface area is 124 Å². The summed E-state index contributed by atoms with van der Waals surface area (Å²) in [6, 6.07) is 7.68. The third-order valence-electron chi connectivity index (χ3n) is 3.55. The largest absolute Gasteiger partial charge is 0.303 e. The van der Waals surface area contributed by atoms with Gasteiger partial charge in [0.15, 0.2) is 5.78 Å². The van der Waals surface area contributed by atoms with Crippen LogP contribution in [0.4, 0.5) is 0 Å². The van der Waals surface area contributed by atoms with Gasteiger partial charge in [-0.05, 0) is 43.9 Å². The minimum absolute atomic E-state index is 0.248. The van der Waals surface area contributed by atoms with Crippen molar-refractivity contribution in [3.05, 3.63) is 34.3 Å². The summed E-state index contributed by atoms with van der Waals surface area (Å²) < 4.78 is 0.974. The number of rotatable bonds is 8. The SMILES string of the molecule is CCCN(CCC(=O)c1cccc(Br)c1)CC1CC1. The van der Waals surface area contributed by atoms with Gasteiger partial charge >= 0.3 is 0 Å². The van der Waals surface area contributed by atoms with E-state index >= 15 is 0 Å². The first-order valence-electron chi connectivity index (χ1n) is 7.20. The molecule has 2 rings (SSSR count). The van der Waals surface area contributed by atoms with E-state index in [1.807, 2.05) is 24.3 Å². The van der Waals surface area contributed by atoms with Crippen LogP contribution in [0.25, 0.3) is 0 Å². The summed E-state index contributed by atoms with van der Waals surface area (Å²) >= 11 is 3.41. The lowest BCUT2D eigenvalue weighted by atomic mass is 10.1. The van der Waals surface area contributed by atoms with Crippen LogP contribution in [0.15, 0.2) is 28.7 Å². The number of carbonyl (C=O) groups is 1. The molecule has 0 N–H and O–H groups in total. The van der Waals surface area contributed by atoms with E-state index < -0.39 is 0 Å². The van der Waals surface area contributed by atoms with Crippen LogP contribution in [0.1, 0.15) is 43.0 Å². The van der Waals surface area contributed by atoms with E-state index in [9.17, 15) is 4.79 Å². The van der Waals surface area contributed by atoms with Crippen molar-refractivity contribution in [1.29, 1.82) is 0 Å². The Hall–Kier alpha value is -0.670. The van der Waals surface area contributed by atoms with Crippen molar-refractivity contribution in [3.63, 3.8) is 0 Å². The van der Waals surface area contributed by atoms with Crippen molar-refractivity contribution in [2.75, 3.05) is 19.6 Å². The van der Waals surface area contributed by atoms with Crippen molar-refractivity contribution < 1.29 is 4.79 Å². The predicted molar refractivity (Wildman–Crippen MR) is 82.5 cm³/mol. The molecular weight excluding hydrogens is 302 g/mol. The van der Waals surface area contributed by atoms with Crippen LogP contribution in [0.3, 0.4) is 0 Å². The molecule has 0 atom stereocenters. The first kappa shape index (κ1) is 14.7. The lowest BCUT2D eigenvalue weighted by Crippen LogP contribution is -2.29. The molecule has 0 aliphatic heterocycles. The van der Waals surface area contributed by atoms with Gasteiger partial charge in [0.1, 0.15) is 0 Å². The molecule has 2 nitrogen and oxygen atoms in total. The number of ketones is 1. The monoisotopic (exact) mass is 323 g/mol. The minimum atomic E-state index is 0.248. The van der Waals surface area contributed by atoms with Crippen LogP contribution >= 0.6 is 15.9 Å².